The molecule has 0 aromatic heterocycles. The molecule has 3 aromatic rings. The van der Waals surface area contributed by atoms with Gasteiger partial charge in [-0.25, -0.2) is 8.42 Å². The largest absolute Gasteiger partial charge is 0.457 e. The second kappa shape index (κ2) is 9.86. The Morgan fingerprint density at radius 2 is 1.65 bits per heavy atom. The molecule has 0 aliphatic heterocycles. The van der Waals surface area contributed by atoms with Gasteiger partial charge in [0.1, 0.15) is 11.5 Å². The molecule has 10 heteroatoms. The van der Waals surface area contributed by atoms with Crippen LogP contribution in [0.5, 0.6) is 11.5 Å². The molecule has 0 aliphatic carbocycles. The number of hydrogen-bond donors (Lipinski definition) is 2. The SMILES string of the molecule is CCS(=O)(=O)c1ccc([C@@H](CO)c2c(Oc3ccc(C(F)(F)F)cc3)cccc2C(N)=O)cc1. The molecule has 0 heterocycles. The van der Waals surface area contributed by atoms with Crippen molar-refractivity contribution in [2.45, 2.75) is 23.9 Å². The highest BCUT2D eigenvalue weighted by Gasteiger charge is 2.30. The third-order valence-corrected chi connectivity index (χ3v) is 7.04. The molecule has 3 aromatic carbocycles. The Balaban J connectivity index is 2.06. The van der Waals surface area contributed by atoms with Gasteiger partial charge in [-0.15, -0.1) is 0 Å². The number of hydrogen-bond acceptors (Lipinski definition) is 5. The summed E-state index contributed by atoms with van der Waals surface area (Å²) in [6.45, 7) is 1.04. The first-order valence-corrected chi connectivity index (χ1v) is 11.8. The Morgan fingerprint density at radius 3 is 2.15 bits per heavy atom. The maximum absolute atomic E-state index is 12.9. The number of aliphatic hydroxyl groups excluding tert-OH is 1. The van der Waals surface area contributed by atoms with Crippen LogP contribution in [-0.2, 0) is 16.0 Å². The molecule has 1 atom stereocenters. The number of alkyl halides is 3. The molecular formula is C24H22F3NO5S. The highest BCUT2D eigenvalue weighted by molar-refractivity contribution is 7.91. The van der Waals surface area contributed by atoms with E-state index in [0.29, 0.717) is 5.56 Å². The highest BCUT2D eigenvalue weighted by atomic mass is 32.2. The first-order chi connectivity index (χ1) is 16.0. The van der Waals surface area contributed by atoms with Gasteiger partial charge in [-0.2, -0.15) is 13.2 Å². The first kappa shape index (κ1) is 25.3. The van der Waals surface area contributed by atoms with Crippen molar-refractivity contribution in [3.63, 3.8) is 0 Å². The summed E-state index contributed by atoms with van der Waals surface area (Å²) in [5.74, 6) is -1.51. The van der Waals surface area contributed by atoms with Gasteiger partial charge in [-0.3, -0.25) is 4.79 Å². The fraction of sp³-hybridized carbons (Fsp3) is 0.208. The van der Waals surface area contributed by atoms with E-state index in [0.717, 1.165) is 24.3 Å². The minimum atomic E-state index is -4.50. The van der Waals surface area contributed by atoms with Crippen molar-refractivity contribution in [3.05, 3.63) is 89.0 Å². The number of benzene rings is 3. The average Bonchev–Trinajstić information content (AvgIpc) is 2.80. The highest BCUT2D eigenvalue weighted by Crippen LogP contribution is 2.38. The standard InChI is InChI=1S/C24H22F3NO5S/c1-2-34(31,32)18-12-6-15(7-13-18)20(14-29)22-19(23(28)30)4-3-5-21(22)33-17-10-8-16(9-11-17)24(25,26)27/h3-13,20,29H,2,14H2,1H3,(H2,28,30)/t20-/m1/s1. The van der Waals surface area contributed by atoms with Crippen LogP contribution in [0.25, 0.3) is 0 Å². The monoisotopic (exact) mass is 493 g/mol. The van der Waals surface area contributed by atoms with Crippen LogP contribution in [0.4, 0.5) is 13.2 Å². The van der Waals surface area contributed by atoms with Crippen LogP contribution < -0.4 is 10.5 Å². The predicted molar refractivity (Wildman–Crippen MR) is 120 cm³/mol. The molecule has 0 saturated carbocycles. The van der Waals surface area contributed by atoms with E-state index in [4.69, 9.17) is 10.5 Å². The Bertz CT molecular complexity index is 1270. The van der Waals surface area contributed by atoms with E-state index in [1.54, 1.807) is 0 Å². The van der Waals surface area contributed by atoms with Gasteiger partial charge in [0.25, 0.3) is 0 Å². The van der Waals surface area contributed by atoms with Crippen LogP contribution in [0.1, 0.15) is 39.9 Å². The summed E-state index contributed by atoms with van der Waals surface area (Å²) in [5, 5.41) is 10.2. The van der Waals surface area contributed by atoms with Gasteiger partial charge in [0, 0.05) is 17.0 Å². The van der Waals surface area contributed by atoms with Gasteiger partial charge in [0.2, 0.25) is 5.91 Å². The van der Waals surface area contributed by atoms with Crippen molar-refractivity contribution < 1.29 is 36.2 Å². The molecule has 0 unspecified atom stereocenters. The number of carbonyl (C=O) groups is 1. The smallest absolute Gasteiger partial charge is 0.416 e. The molecule has 1 amide bonds. The zero-order valence-corrected chi connectivity index (χ0v) is 18.9. The summed E-state index contributed by atoms with van der Waals surface area (Å²) in [4.78, 5) is 12.2. The number of amides is 1. The Hall–Kier alpha value is -3.37. The van der Waals surface area contributed by atoms with Crippen LogP contribution in [0.2, 0.25) is 0 Å². The Labute approximate surface area is 194 Å². The summed E-state index contributed by atoms with van der Waals surface area (Å²) >= 11 is 0. The van der Waals surface area contributed by atoms with E-state index >= 15 is 0 Å². The van der Waals surface area contributed by atoms with Crippen molar-refractivity contribution in [1.82, 2.24) is 0 Å². The Kier molecular flexibility index (Phi) is 7.32. The third kappa shape index (κ3) is 5.40. The zero-order chi connectivity index (χ0) is 25.1. The van der Waals surface area contributed by atoms with E-state index in [9.17, 15) is 31.5 Å². The molecule has 0 aliphatic rings. The maximum Gasteiger partial charge on any atom is 0.416 e. The van der Waals surface area contributed by atoms with E-state index < -0.39 is 40.0 Å². The third-order valence-electron chi connectivity index (χ3n) is 5.29. The molecular weight excluding hydrogens is 471 g/mol. The van der Waals surface area contributed by atoms with Gasteiger partial charge < -0.3 is 15.6 Å². The number of sulfone groups is 1. The van der Waals surface area contributed by atoms with Gasteiger partial charge in [0.15, 0.2) is 9.84 Å². The number of carbonyl (C=O) groups excluding carboxylic acids is 1. The molecule has 0 radical (unpaired) electrons. The lowest BCUT2D eigenvalue weighted by molar-refractivity contribution is -0.137. The number of halogens is 3. The minimum absolute atomic E-state index is 0.0497. The lowest BCUT2D eigenvalue weighted by Gasteiger charge is -2.22. The number of aliphatic hydroxyl groups is 1. The molecule has 0 fully saturated rings. The molecule has 6 nitrogen and oxygen atoms in total. The summed E-state index contributed by atoms with van der Waals surface area (Å²) in [5.41, 5.74) is 5.45. The summed E-state index contributed by atoms with van der Waals surface area (Å²) in [6, 6.07) is 14.3. The molecule has 3 rings (SSSR count). The number of ether oxygens (including phenoxy) is 1. The van der Waals surface area contributed by atoms with Crippen LogP contribution in [0.15, 0.2) is 71.6 Å². The van der Waals surface area contributed by atoms with Gasteiger partial charge in [-0.05, 0) is 54.1 Å². The van der Waals surface area contributed by atoms with E-state index in [2.05, 4.69) is 0 Å². The maximum atomic E-state index is 12.9. The predicted octanol–water partition coefficient (Wildman–Crippen LogP) is 4.51. The number of nitrogens with two attached hydrogens (primary N) is 1. The summed E-state index contributed by atoms with van der Waals surface area (Å²) in [6.07, 6.45) is -4.50. The van der Waals surface area contributed by atoms with Crippen LogP contribution in [-0.4, -0.2) is 31.8 Å². The van der Waals surface area contributed by atoms with Crippen LogP contribution in [0.3, 0.4) is 0 Å². The second-order valence-electron chi connectivity index (χ2n) is 7.41. The second-order valence-corrected chi connectivity index (χ2v) is 9.69. The van der Waals surface area contributed by atoms with Crippen molar-refractivity contribution in [2.75, 3.05) is 12.4 Å². The minimum Gasteiger partial charge on any atom is -0.457 e. The van der Waals surface area contributed by atoms with Crippen molar-refractivity contribution in [2.24, 2.45) is 5.73 Å². The van der Waals surface area contributed by atoms with Gasteiger partial charge in [0.05, 0.1) is 22.8 Å². The molecule has 0 spiro atoms. The van der Waals surface area contributed by atoms with E-state index in [1.165, 1.54) is 49.4 Å². The lowest BCUT2D eigenvalue weighted by Crippen LogP contribution is -2.18. The lowest BCUT2D eigenvalue weighted by atomic mass is 9.87. The van der Waals surface area contributed by atoms with Crippen LogP contribution in [0, 0.1) is 0 Å². The zero-order valence-electron chi connectivity index (χ0n) is 18.0. The van der Waals surface area contributed by atoms with Crippen molar-refractivity contribution in [3.8, 4) is 11.5 Å². The van der Waals surface area contributed by atoms with Crippen molar-refractivity contribution in [1.29, 1.82) is 0 Å². The van der Waals surface area contributed by atoms with E-state index in [-0.39, 0.29) is 33.3 Å². The molecule has 0 bridgehead atoms. The molecule has 34 heavy (non-hydrogen) atoms. The number of rotatable bonds is 8. The molecule has 0 saturated heterocycles. The fourth-order valence-corrected chi connectivity index (χ4v) is 4.37. The number of primary amides is 1. The topological polar surface area (TPSA) is 107 Å². The normalized spacial score (nSPS) is 12.9. The van der Waals surface area contributed by atoms with Crippen molar-refractivity contribution >= 4 is 15.7 Å². The Morgan fingerprint density at radius 1 is 1.03 bits per heavy atom. The van der Waals surface area contributed by atoms with Gasteiger partial charge >= 0.3 is 6.18 Å². The quantitative estimate of drug-likeness (QED) is 0.480. The summed E-state index contributed by atoms with van der Waals surface area (Å²) < 4.78 is 68.6. The van der Waals surface area contributed by atoms with E-state index in [1.807, 2.05) is 0 Å². The average molecular weight is 494 g/mol. The molecule has 3 N–H and O–H groups in total. The molecule has 180 valence electrons. The first-order valence-electron chi connectivity index (χ1n) is 10.2. The van der Waals surface area contributed by atoms with Gasteiger partial charge in [-0.1, -0.05) is 25.1 Å². The fourth-order valence-electron chi connectivity index (χ4n) is 3.48. The summed E-state index contributed by atoms with van der Waals surface area (Å²) in [7, 11) is -3.44. The van der Waals surface area contributed by atoms with Crippen LogP contribution >= 0.6 is 0 Å².